The summed E-state index contributed by atoms with van der Waals surface area (Å²) in [6, 6.07) is 0. The SMILES string of the molecule is COC(=O)C(=O)C(O)CC(=O)O. The standard InChI is InChI=1S/C6H8O6/c1-12-6(11)5(10)3(7)2-4(8)9/h3,7H,2H2,1H3,(H,8,9). The molecular formula is C6H8O6. The van der Waals surface area contributed by atoms with E-state index in [0.717, 1.165) is 7.11 Å². The van der Waals surface area contributed by atoms with Gasteiger partial charge in [-0.2, -0.15) is 0 Å². The van der Waals surface area contributed by atoms with Crippen LogP contribution in [0.3, 0.4) is 0 Å². The quantitative estimate of drug-likeness (QED) is 0.402. The molecule has 0 bridgehead atoms. The first-order chi connectivity index (χ1) is 5.49. The summed E-state index contributed by atoms with van der Waals surface area (Å²) in [6.07, 6.45) is -2.62. The molecule has 6 nitrogen and oxygen atoms in total. The fraction of sp³-hybridized carbons (Fsp3) is 0.500. The van der Waals surface area contributed by atoms with Crippen molar-refractivity contribution in [3.05, 3.63) is 0 Å². The van der Waals surface area contributed by atoms with E-state index >= 15 is 0 Å². The van der Waals surface area contributed by atoms with Gasteiger partial charge in [0.15, 0.2) is 0 Å². The number of Topliss-reactive ketones (excluding diaryl/α,β-unsaturated/α-hetero) is 1. The third-order valence-electron chi connectivity index (χ3n) is 1.06. The molecule has 0 fully saturated rings. The highest BCUT2D eigenvalue weighted by Gasteiger charge is 2.25. The molecule has 0 aliphatic rings. The van der Waals surface area contributed by atoms with E-state index in [-0.39, 0.29) is 0 Å². The highest BCUT2D eigenvalue weighted by molar-refractivity contribution is 6.35. The van der Waals surface area contributed by atoms with Crippen LogP contribution in [-0.4, -0.2) is 41.1 Å². The second kappa shape index (κ2) is 4.45. The molecule has 0 amide bonds. The minimum atomic E-state index is -1.82. The molecule has 1 atom stereocenters. The molecule has 6 heteroatoms. The number of aliphatic hydroxyl groups excluding tert-OH is 1. The number of ketones is 1. The minimum Gasteiger partial charge on any atom is -0.481 e. The summed E-state index contributed by atoms with van der Waals surface area (Å²) < 4.78 is 3.97. The van der Waals surface area contributed by atoms with Crippen molar-refractivity contribution in [2.24, 2.45) is 0 Å². The highest BCUT2D eigenvalue weighted by atomic mass is 16.5. The van der Waals surface area contributed by atoms with Crippen molar-refractivity contribution in [3.8, 4) is 0 Å². The minimum absolute atomic E-state index is 0.798. The summed E-state index contributed by atoms with van der Waals surface area (Å²) >= 11 is 0. The average Bonchev–Trinajstić information content (AvgIpc) is 2.00. The number of carbonyl (C=O) groups excluding carboxylic acids is 2. The topological polar surface area (TPSA) is 101 Å². The van der Waals surface area contributed by atoms with Gasteiger partial charge in [0.05, 0.1) is 13.5 Å². The molecule has 0 aliphatic carbocycles. The molecule has 12 heavy (non-hydrogen) atoms. The molecule has 2 N–H and O–H groups in total. The number of carbonyl (C=O) groups is 3. The van der Waals surface area contributed by atoms with Gasteiger partial charge in [-0.3, -0.25) is 9.59 Å². The zero-order valence-electron chi connectivity index (χ0n) is 6.31. The Kier molecular flexibility index (Phi) is 3.92. The van der Waals surface area contributed by atoms with Gasteiger partial charge in [0.1, 0.15) is 6.10 Å². The molecule has 0 aromatic carbocycles. The second-order valence-electron chi connectivity index (χ2n) is 1.97. The van der Waals surface area contributed by atoms with Crippen molar-refractivity contribution >= 4 is 17.7 Å². The van der Waals surface area contributed by atoms with Crippen LogP contribution in [0.15, 0.2) is 0 Å². The van der Waals surface area contributed by atoms with Gasteiger partial charge in [0.2, 0.25) is 0 Å². The lowest BCUT2D eigenvalue weighted by atomic mass is 10.2. The number of carboxylic acids is 1. The zero-order chi connectivity index (χ0) is 9.72. The number of hydrogen-bond donors (Lipinski definition) is 2. The van der Waals surface area contributed by atoms with Crippen molar-refractivity contribution < 1.29 is 29.3 Å². The van der Waals surface area contributed by atoms with Crippen LogP contribution in [0, 0.1) is 0 Å². The molecule has 0 aliphatic heterocycles. The first kappa shape index (κ1) is 10.6. The van der Waals surface area contributed by atoms with E-state index < -0.39 is 30.2 Å². The fourth-order valence-electron chi connectivity index (χ4n) is 0.495. The van der Waals surface area contributed by atoms with E-state index in [9.17, 15) is 14.4 Å². The summed E-state index contributed by atoms with van der Waals surface area (Å²) in [5.41, 5.74) is 0. The van der Waals surface area contributed by atoms with Crippen LogP contribution in [0.1, 0.15) is 6.42 Å². The lowest BCUT2D eigenvalue weighted by Gasteiger charge is -2.03. The van der Waals surface area contributed by atoms with Crippen molar-refractivity contribution in [3.63, 3.8) is 0 Å². The number of aliphatic hydroxyl groups is 1. The molecule has 0 saturated heterocycles. The van der Waals surface area contributed by atoms with Crippen LogP contribution < -0.4 is 0 Å². The zero-order valence-corrected chi connectivity index (χ0v) is 6.31. The maximum Gasteiger partial charge on any atom is 0.377 e. The molecule has 0 aromatic rings. The summed E-state index contributed by atoms with van der Waals surface area (Å²) in [5, 5.41) is 16.9. The van der Waals surface area contributed by atoms with Gasteiger partial charge in [-0.15, -0.1) is 0 Å². The third kappa shape index (κ3) is 3.11. The van der Waals surface area contributed by atoms with E-state index in [1.807, 2.05) is 0 Å². The van der Waals surface area contributed by atoms with Crippen molar-refractivity contribution in [2.75, 3.05) is 7.11 Å². The van der Waals surface area contributed by atoms with Crippen LogP contribution >= 0.6 is 0 Å². The Bertz CT molecular complexity index is 208. The smallest absolute Gasteiger partial charge is 0.377 e. The summed E-state index contributed by atoms with van der Waals surface area (Å²) in [5.74, 6) is -3.86. The lowest BCUT2D eigenvalue weighted by molar-refractivity contribution is -0.157. The Hall–Kier alpha value is -1.43. The summed E-state index contributed by atoms with van der Waals surface area (Å²) in [7, 11) is 0.966. The predicted molar refractivity (Wildman–Crippen MR) is 35.3 cm³/mol. The number of methoxy groups -OCH3 is 1. The molecule has 1 unspecified atom stereocenters. The second-order valence-corrected chi connectivity index (χ2v) is 1.97. The Morgan fingerprint density at radius 2 is 1.92 bits per heavy atom. The van der Waals surface area contributed by atoms with E-state index in [0.29, 0.717) is 0 Å². The van der Waals surface area contributed by atoms with Crippen LogP contribution in [0.25, 0.3) is 0 Å². The number of aliphatic carboxylic acids is 1. The Morgan fingerprint density at radius 1 is 1.42 bits per heavy atom. The molecule has 0 heterocycles. The number of rotatable bonds is 4. The van der Waals surface area contributed by atoms with E-state index in [2.05, 4.69) is 4.74 Å². The van der Waals surface area contributed by atoms with Crippen LogP contribution in [0.4, 0.5) is 0 Å². The van der Waals surface area contributed by atoms with Gasteiger partial charge in [0, 0.05) is 0 Å². The summed E-state index contributed by atoms with van der Waals surface area (Å²) in [4.78, 5) is 31.0. The van der Waals surface area contributed by atoms with E-state index in [1.54, 1.807) is 0 Å². The van der Waals surface area contributed by atoms with Gasteiger partial charge in [-0.25, -0.2) is 4.79 Å². The molecule has 0 radical (unpaired) electrons. The maximum absolute atomic E-state index is 10.6. The van der Waals surface area contributed by atoms with Gasteiger partial charge < -0.3 is 14.9 Å². The van der Waals surface area contributed by atoms with Gasteiger partial charge in [-0.1, -0.05) is 0 Å². The maximum atomic E-state index is 10.6. The molecule has 0 rings (SSSR count). The number of hydrogen-bond acceptors (Lipinski definition) is 5. The number of esters is 1. The fourth-order valence-corrected chi connectivity index (χ4v) is 0.495. The number of ether oxygens (including phenoxy) is 1. The van der Waals surface area contributed by atoms with Gasteiger partial charge in [-0.05, 0) is 0 Å². The Balaban J connectivity index is 4.10. The molecule has 0 saturated carbocycles. The summed E-state index contributed by atoms with van der Waals surface area (Å²) in [6.45, 7) is 0. The molecule has 0 spiro atoms. The predicted octanol–water partition coefficient (Wildman–Crippen LogP) is -1.44. The molecule has 68 valence electrons. The van der Waals surface area contributed by atoms with Crippen LogP contribution in [0.5, 0.6) is 0 Å². The first-order valence-corrected chi connectivity index (χ1v) is 3.01. The average molecular weight is 176 g/mol. The normalized spacial score (nSPS) is 11.8. The largest absolute Gasteiger partial charge is 0.481 e. The lowest BCUT2D eigenvalue weighted by Crippen LogP contribution is -2.31. The third-order valence-corrected chi connectivity index (χ3v) is 1.06. The first-order valence-electron chi connectivity index (χ1n) is 3.01. The van der Waals surface area contributed by atoms with Crippen LogP contribution in [0.2, 0.25) is 0 Å². The highest BCUT2D eigenvalue weighted by Crippen LogP contribution is 1.94. The van der Waals surface area contributed by atoms with Crippen molar-refractivity contribution in [2.45, 2.75) is 12.5 Å². The van der Waals surface area contributed by atoms with Crippen molar-refractivity contribution in [1.82, 2.24) is 0 Å². The van der Waals surface area contributed by atoms with Crippen molar-refractivity contribution in [1.29, 1.82) is 0 Å². The molecular weight excluding hydrogens is 168 g/mol. The van der Waals surface area contributed by atoms with Gasteiger partial charge >= 0.3 is 11.9 Å². The Morgan fingerprint density at radius 3 is 2.25 bits per heavy atom. The number of carboxylic acid groups (broad SMARTS) is 1. The molecule has 0 aromatic heterocycles. The Labute approximate surface area is 67.8 Å². The van der Waals surface area contributed by atoms with Crippen LogP contribution in [-0.2, 0) is 19.1 Å². The van der Waals surface area contributed by atoms with E-state index in [1.165, 1.54) is 0 Å². The van der Waals surface area contributed by atoms with Gasteiger partial charge in [0.25, 0.3) is 5.78 Å². The van der Waals surface area contributed by atoms with E-state index in [4.69, 9.17) is 10.2 Å². The monoisotopic (exact) mass is 176 g/mol.